The average Bonchev–Trinajstić information content (AvgIpc) is 2.32. The first-order chi connectivity index (χ1) is 8.16. The zero-order chi connectivity index (χ0) is 12.3. The maximum absolute atomic E-state index is 11.1. The van der Waals surface area contributed by atoms with Gasteiger partial charge < -0.3 is 5.11 Å². The van der Waals surface area contributed by atoms with Crippen molar-refractivity contribution in [2.75, 3.05) is 6.54 Å². The molecule has 0 saturated carbocycles. The van der Waals surface area contributed by atoms with Crippen LogP contribution in [0.5, 0.6) is 0 Å². The molecule has 0 aliphatic carbocycles. The lowest BCUT2D eigenvalue weighted by Crippen LogP contribution is -2.44. The van der Waals surface area contributed by atoms with E-state index in [1.807, 2.05) is 11.0 Å². The predicted octanol–water partition coefficient (Wildman–Crippen LogP) is 2.17. The summed E-state index contributed by atoms with van der Waals surface area (Å²) >= 11 is 5.71. The van der Waals surface area contributed by atoms with E-state index >= 15 is 0 Å². The number of hydrogen-bond donors (Lipinski definition) is 1. The minimum atomic E-state index is -0.730. The SMILES string of the molecule is O=C(O)C1CCCCN1Cc1ccc(Cl)nc1. The molecule has 1 unspecified atom stereocenters. The number of likely N-dealkylation sites (tertiary alicyclic amines) is 1. The number of pyridine rings is 1. The Hall–Kier alpha value is -1.13. The highest BCUT2D eigenvalue weighted by Gasteiger charge is 2.28. The summed E-state index contributed by atoms with van der Waals surface area (Å²) in [6.07, 6.45) is 4.49. The van der Waals surface area contributed by atoms with E-state index in [1.54, 1.807) is 12.3 Å². The summed E-state index contributed by atoms with van der Waals surface area (Å²) in [6.45, 7) is 1.46. The number of carboxylic acids is 1. The quantitative estimate of drug-likeness (QED) is 0.840. The van der Waals surface area contributed by atoms with Gasteiger partial charge in [-0.1, -0.05) is 24.1 Å². The summed E-state index contributed by atoms with van der Waals surface area (Å²) in [4.78, 5) is 17.1. The zero-order valence-electron chi connectivity index (χ0n) is 9.47. The number of nitrogens with zero attached hydrogens (tertiary/aromatic N) is 2. The lowest BCUT2D eigenvalue weighted by Gasteiger charge is -2.32. The van der Waals surface area contributed by atoms with Crippen molar-refractivity contribution in [3.05, 3.63) is 29.0 Å². The molecule has 4 nitrogen and oxygen atoms in total. The Morgan fingerprint density at radius 3 is 3.00 bits per heavy atom. The summed E-state index contributed by atoms with van der Waals surface area (Å²) in [5, 5.41) is 9.61. The second kappa shape index (κ2) is 5.47. The number of rotatable bonds is 3. The minimum absolute atomic E-state index is 0.362. The number of aliphatic carboxylic acids is 1. The fourth-order valence-corrected chi connectivity index (χ4v) is 2.31. The first-order valence-electron chi connectivity index (χ1n) is 5.74. The zero-order valence-corrected chi connectivity index (χ0v) is 10.2. The lowest BCUT2D eigenvalue weighted by molar-refractivity contribution is -0.144. The third-order valence-corrected chi connectivity index (χ3v) is 3.30. The molecule has 1 aromatic heterocycles. The Bertz CT molecular complexity index is 394. The summed E-state index contributed by atoms with van der Waals surface area (Å²) in [6, 6.07) is 3.26. The third-order valence-electron chi connectivity index (χ3n) is 3.07. The molecule has 5 heteroatoms. The molecule has 1 N–H and O–H groups in total. The molecule has 0 spiro atoms. The van der Waals surface area contributed by atoms with E-state index in [9.17, 15) is 4.79 Å². The summed E-state index contributed by atoms with van der Waals surface area (Å²) in [5.74, 6) is -0.730. The topological polar surface area (TPSA) is 53.4 Å². The highest BCUT2D eigenvalue weighted by atomic mass is 35.5. The molecule has 0 bridgehead atoms. The van der Waals surface area contributed by atoms with E-state index in [0.29, 0.717) is 11.7 Å². The summed E-state index contributed by atoms with van der Waals surface area (Å²) in [5.41, 5.74) is 1.00. The molecule has 17 heavy (non-hydrogen) atoms. The van der Waals surface area contributed by atoms with Crippen molar-refractivity contribution in [2.24, 2.45) is 0 Å². The minimum Gasteiger partial charge on any atom is -0.480 e. The number of hydrogen-bond acceptors (Lipinski definition) is 3. The number of piperidine rings is 1. The van der Waals surface area contributed by atoms with Crippen LogP contribution in [0.2, 0.25) is 5.15 Å². The molecule has 1 atom stereocenters. The fourth-order valence-electron chi connectivity index (χ4n) is 2.19. The molecule has 92 valence electrons. The van der Waals surface area contributed by atoms with E-state index in [4.69, 9.17) is 16.7 Å². The Kier molecular flexibility index (Phi) is 3.97. The van der Waals surface area contributed by atoms with Crippen molar-refractivity contribution in [1.82, 2.24) is 9.88 Å². The van der Waals surface area contributed by atoms with Crippen LogP contribution in [-0.2, 0) is 11.3 Å². The van der Waals surface area contributed by atoms with Crippen molar-refractivity contribution >= 4 is 17.6 Å². The van der Waals surface area contributed by atoms with Gasteiger partial charge in [0.1, 0.15) is 11.2 Å². The van der Waals surface area contributed by atoms with Crippen molar-refractivity contribution in [3.8, 4) is 0 Å². The van der Waals surface area contributed by atoms with Crippen molar-refractivity contribution in [3.63, 3.8) is 0 Å². The number of aromatic nitrogens is 1. The molecule has 1 fully saturated rings. The van der Waals surface area contributed by atoms with Gasteiger partial charge in [-0.3, -0.25) is 9.69 Å². The molecule has 0 amide bonds. The van der Waals surface area contributed by atoms with Gasteiger partial charge in [-0.15, -0.1) is 0 Å². The van der Waals surface area contributed by atoms with Gasteiger partial charge in [-0.05, 0) is 31.0 Å². The van der Waals surface area contributed by atoms with E-state index in [2.05, 4.69) is 4.98 Å². The first-order valence-corrected chi connectivity index (χ1v) is 6.12. The summed E-state index contributed by atoms with van der Waals surface area (Å²) in [7, 11) is 0. The van der Waals surface area contributed by atoms with Crippen LogP contribution in [-0.4, -0.2) is 33.5 Å². The second-order valence-electron chi connectivity index (χ2n) is 4.31. The first kappa shape index (κ1) is 12.3. The van der Waals surface area contributed by atoms with Gasteiger partial charge in [0.05, 0.1) is 0 Å². The molecule has 0 aromatic carbocycles. The van der Waals surface area contributed by atoms with Gasteiger partial charge in [0.25, 0.3) is 0 Å². The maximum Gasteiger partial charge on any atom is 0.320 e. The molecule has 1 aromatic rings. The van der Waals surface area contributed by atoms with Crippen molar-refractivity contribution in [1.29, 1.82) is 0 Å². The highest BCUT2D eigenvalue weighted by molar-refractivity contribution is 6.29. The van der Waals surface area contributed by atoms with E-state index < -0.39 is 5.97 Å². The van der Waals surface area contributed by atoms with Crippen LogP contribution in [0.3, 0.4) is 0 Å². The predicted molar refractivity (Wildman–Crippen MR) is 64.9 cm³/mol. The normalized spacial score (nSPS) is 21.4. The summed E-state index contributed by atoms with van der Waals surface area (Å²) < 4.78 is 0. The maximum atomic E-state index is 11.1. The fraction of sp³-hybridized carbons (Fsp3) is 0.500. The second-order valence-corrected chi connectivity index (χ2v) is 4.70. The molecule has 1 saturated heterocycles. The van der Waals surface area contributed by atoms with Crippen LogP contribution >= 0.6 is 11.6 Å². The molecule has 2 heterocycles. The smallest absolute Gasteiger partial charge is 0.320 e. The van der Waals surface area contributed by atoms with Crippen LogP contribution in [0.25, 0.3) is 0 Å². The average molecular weight is 255 g/mol. The van der Waals surface area contributed by atoms with Crippen LogP contribution in [0, 0.1) is 0 Å². The molecular formula is C12H15ClN2O2. The number of halogens is 1. The van der Waals surface area contributed by atoms with Gasteiger partial charge in [0, 0.05) is 12.7 Å². The van der Waals surface area contributed by atoms with Crippen molar-refractivity contribution in [2.45, 2.75) is 31.8 Å². The van der Waals surface area contributed by atoms with E-state index in [0.717, 1.165) is 31.4 Å². The molecular weight excluding hydrogens is 240 g/mol. The van der Waals surface area contributed by atoms with E-state index in [-0.39, 0.29) is 6.04 Å². The van der Waals surface area contributed by atoms with Crippen LogP contribution in [0.15, 0.2) is 18.3 Å². The van der Waals surface area contributed by atoms with Gasteiger partial charge in [-0.2, -0.15) is 0 Å². The molecule has 0 radical (unpaired) electrons. The van der Waals surface area contributed by atoms with Gasteiger partial charge in [-0.25, -0.2) is 4.98 Å². The van der Waals surface area contributed by atoms with Gasteiger partial charge in [0.2, 0.25) is 0 Å². The van der Waals surface area contributed by atoms with Gasteiger partial charge >= 0.3 is 5.97 Å². The van der Waals surface area contributed by atoms with Crippen LogP contribution < -0.4 is 0 Å². The van der Waals surface area contributed by atoms with E-state index in [1.165, 1.54) is 0 Å². The Morgan fingerprint density at radius 1 is 1.53 bits per heavy atom. The molecule has 2 rings (SSSR count). The lowest BCUT2D eigenvalue weighted by atomic mass is 10.0. The monoisotopic (exact) mass is 254 g/mol. The largest absolute Gasteiger partial charge is 0.480 e. The Labute approximate surface area is 105 Å². The molecule has 1 aliphatic heterocycles. The molecule has 1 aliphatic rings. The third kappa shape index (κ3) is 3.17. The van der Waals surface area contributed by atoms with Crippen LogP contribution in [0.1, 0.15) is 24.8 Å². The number of carboxylic acid groups (broad SMARTS) is 1. The highest BCUT2D eigenvalue weighted by Crippen LogP contribution is 2.20. The van der Waals surface area contributed by atoms with Crippen molar-refractivity contribution < 1.29 is 9.90 Å². The Morgan fingerprint density at radius 2 is 2.35 bits per heavy atom. The Balaban J connectivity index is 2.05. The van der Waals surface area contributed by atoms with Gasteiger partial charge in [0.15, 0.2) is 0 Å². The number of carbonyl (C=O) groups is 1. The van der Waals surface area contributed by atoms with Crippen LogP contribution in [0.4, 0.5) is 0 Å². The standard InChI is InChI=1S/C12H15ClN2O2/c13-11-5-4-9(7-14-11)8-15-6-2-1-3-10(15)12(16)17/h4-5,7,10H,1-3,6,8H2,(H,16,17).